The normalized spacial score (nSPS) is 13.4. The maximum Gasteiger partial charge on any atom is 0.128 e. The summed E-state index contributed by atoms with van der Waals surface area (Å²) >= 11 is 5.89. The van der Waals surface area contributed by atoms with Crippen LogP contribution in [0.3, 0.4) is 0 Å². The lowest BCUT2D eigenvalue weighted by Gasteiger charge is -2.18. The van der Waals surface area contributed by atoms with Crippen molar-refractivity contribution in [3.05, 3.63) is 17.2 Å². The lowest BCUT2D eigenvalue weighted by Crippen LogP contribution is -2.34. The second-order valence-corrected chi connectivity index (χ2v) is 4.83. The summed E-state index contributed by atoms with van der Waals surface area (Å²) in [7, 11) is 1.88. The molecule has 0 aliphatic carbocycles. The highest BCUT2D eigenvalue weighted by Crippen LogP contribution is 2.10. The molecule has 0 spiro atoms. The molecule has 0 aliphatic rings. The van der Waals surface area contributed by atoms with E-state index in [0.717, 1.165) is 12.2 Å². The van der Waals surface area contributed by atoms with E-state index >= 15 is 0 Å². The van der Waals surface area contributed by atoms with Gasteiger partial charge in [-0.25, -0.2) is 4.98 Å². The predicted octanol–water partition coefficient (Wildman–Crippen LogP) is 1.57. The molecule has 1 rings (SSSR count). The Morgan fingerprint density at radius 1 is 1.56 bits per heavy atom. The van der Waals surface area contributed by atoms with Crippen LogP contribution < -0.4 is 5.32 Å². The maximum absolute atomic E-state index is 9.21. The minimum Gasteiger partial charge on any atom is -0.395 e. The Bertz CT molecular complexity index is 325. The fraction of sp³-hybridized carbons (Fsp3) is 0.727. The van der Waals surface area contributed by atoms with Crippen molar-refractivity contribution >= 4 is 11.6 Å². The summed E-state index contributed by atoms with van der Waals surface area (Å²) < 4.78 is 1.83. The number of aliphatic hydroxyl groups is 1. The van der Waals surface area contributed by atoms with Crippen LogP contribution in [0.5, 0.6) is 0 Å². The number of halogens is 1. The largest absolute Gasteiger partial charge is 0.395 e. The lowest BCUT2D eigenvalue weighted by molar-refractivity contribution is 0.222. The number of aromatic nitrogens is 2. The van der Waals surface area contributed by atoms with Crippen LogP contribution in [0, 0.1) is 5.92 Å². The van der Waals surface area contributed by atoms with E-state index in [0.29, 0.717) is 17.6 Å². The fourth-order valence-corrected chi connectivity index (χ4v) is 1.76. The van der Waals surface area contributed by atoms with E-state index in [4.69, 9.17) is 11.6 Å². The van der Waals surface area contributed by atoms with E-state index < -0.39 is 0 Å². The zero-order chi connectivity index (χ0) is 12.1. The Kier molecular flexibility index (Phi) is 5.25. The van der Waals surface area contributed by atoms with Crippen molar-refractivity contribution < 1.29 is 5.11 Å². The van der Waals surface area contributed by atoms with Gasteiger partial charge in [0.2, 0.25) is 0 Å². The summed E-state index contributed by atoms with van der Waals surface area (Å²) in [5.74, 6) is 1.45. The number of imidazole rings is 1. The molecule has 5 heteroatoms. The molecule has 0 fully saturated rings. The van der Waals surface area contributed by atoms with E-state index in [2.05, 4.69) is 24.1 Å². The molecule has 2 N–H and O–H groups in total. The highest BCUT2D eigenvalue weighted by atomic mass is 35.5. The van der Waals surface area contributed by atoms with Crippen LogP contribution in [0.1, 0.15) is 26.1 Å². The standard InChI is InChI=1S/C11H20ClN3O/c1-8(2)4-9(7-16)13-6-11-14-5-10(12)15(11)3/h5,8-9,13,16H,4,6-7H2,1-3H3. The van der Waals surface area contributed by atoms with Gasteiger partial charge in [-0.1, -0.05) is 25.4 Å². The first-order chi connectivity index (χ1) is 7.54. The molecule has 1 unspecified atom stereocenters. The number of aliphatic hydroxyl groups excluding tert-OH is 1. The number of nitrogens with zero attached hydrogens (tertiary/aromatic N) is 2. The SMILES string of the molecule is CC(C)CC(CO)NCc1ncc(Cl)n1C. The van der Waals surface area contributed by atoms with Gasteiger partial charge in [0, 0.05) is 13.1 Å². The monoisotopic (exact) mass is 245 g/mol. The molecule has 0 bridgehead atoms. The van der Waals surface area contributed by atoms with Gasteiger partial charge in [0.15, 0.2) is 0 Å². The van der Waals surface area contributed by atoms with Gasteiger partial charge in [-0.3, -0.25) is 0 Å². The van der Waals surface area contributed by atoms with Crippen LogP contribution in [0.2, 0.25) is 5.15 Å². The fourth-order valence-electron chi connectivity index (χ4n) is 1.62. The van der Waals surface area contributed by atoms with Gasteiger partial charge >= 0.3 is 0 Å². The lowest BCUT2D eigenvalue weighted by atomic mass is 10.0. The highest BCUT2D eigenvalue weighted by Gasteiger charge is 2.11. The van der Waals surface area contributed by atoms with Gasteiger partial charge < -0.3 is 15.0 Å². The first-order valence-corrected chi connectivity index (χ1v) is 5.92. The zero-order valence-corrected chi connectivity index (χ0v) is 10.8. The topological polar surface area (TPSA) is 50.1 Å². The third-order valence-corrected chi connectivity index (χ3v) is 2.90. The molecule has 0 saturated heterocycles. The van der Waals surface area contributed by atoms with Gasteiger partial charge in [-0.05, 0) is 12.3 Å². The summed E-state index contributed by atoms with van der Waals surface area (Å²) in [4.78, 5) is 4.19. The predicted molar refractivity (Wildman–Crippen MR) is 65.4 cm³/mol. The first-order valence-electron chi connectivity index (χ1n) is 5.55. The van der Waals surface area contributed by atoms with Crippen molar-refractivity contribution in [3.8, 4) is 0 Å². The van der Waals surface area contributed by atoms with Crippen LogP contribution in [0.15, 0.2) is 6.20 Å². The molecule has 0 aliphatic heterocycles. The number of hydrogen-bond acceptors (Lipinski definition) is 3. The van der Waals surface area contributed by atoms with Gasteiger partial charge in [-0.15, -0.1) is 0 Å². The maximum atomic E-state index is 9.21. The Labute approximate surface area is 102 Å². The second-order valence-electron chi connectivity index (χ2n) is 4.45. The molecular formula is C11H20ClN3O. The van der Waals surface area contributed by atoms with Crippen molar-refractivity contribution in [2.45, 2.75) is 32.9 Å². The molecule has 1 heterocycles. The van der Waals surface area contributed by atoms with Crippen LogP contribution in [-0.4, -0.2) is 27.3 Å². The third kappa shape index (κ3) is 3.77. The van der Waals surface area contributed by atoms with Crippen LogP contribution in [0.4, 0.5) is 0 Å². The van der Waals surface area contributed by atoms with E-state index in [9.17, 15) is 5.11 Å². The summed E-state index contributed by atoms with van der Waals surface area (Å²) in [6.07, 6.45) is 2.59. The molecule has 1 aromatic heterocycles. The number of nitrogens with one attached hydrogen (secondary N) is 1. The quantitative estimate of drug-likeness (QED) is 0.800. The van der Waals surface area contributed by atoms with Crippen molar-refractivity contribution in [2.24, 2.45) is 13.0 Å². The van der Waals surface area contributed by atoms with Gasteiger partial charge in [-0.2, -0.15) is 0 Å². The molecule has 4 nitrogen and oxygen atoms in total. The van der Waals surface area contributed by atoms with E-state index in [1.807, 2.05) is 11.6 Å². The minimum atomic E-state index is 0.121. The summed E-state index contributed by atoms with van der Waals surface area (Å²) in [6, 6.07) is 0.121. The highest BCUT2D eigenvalue weighted by molar-refractivity contribution is 6.29. The van der Waals surface area contributed by atoms with Crippen LogP contribution in [-0.2, 0) is 13.6 Å². The minimum absolute atomic E-state index is 0.121. The molecule has 92 valence electrons. The van der Waals surface area contributed by atoms with Gasteiger partial charge in [0.25, 0.3) is 0 Å². The number of hydrogen-bond donors (Lipinski definition) is 2. The van der Waals surface area contributed by atoms with E-state index in [1.54, 1.807) is 6.20 Å². The number of rotatable bonds is 6. The Morgan fingerprint density at radius 2 is 2.25 bits per heavy atom. The Hall–Kier alpha value is -0.580. The van der Waals surface area contributed by atoms with Crippen LogP contribution in [0.25, 0.3) is 0 Å². The molecule has 16 heavy (non-hydrogen) atoms. The summed E-state index contributed by atoms with van der Waals surface area (Å²) in [6.45, 7) is 5.06. The first kappa shape index (κ1) is 13.5. The van der Waals surface area contributed by atoms with Crippen LogP contribution >= 0.6 is 11.6 Å². The van der Waals surface area contributed by atoms with Gasteiger partial charge in [0.05, 0.1) is 19.3 Å². The molecule has 0 saturated carbocycles. The van der Waals surface area contributed by atoms with E-state index in [-0.39, 0.29) is 12.6 Å². The smallest absolute Gasteiger partial charge is 0.128 e. The molecule has 0 aromatic carbocycles. The van der Waals surface area contributed by atoms with Crippen molar-refractivity contribution in [1.82, 2.24) is 14.9 Å². The van der Waals surface area contributed by atoms with Crippen molar-refractivity contribution in [3.63, 3.8) is 0 Å². The van der Waals surface area contributed by atoms with Crippen molar-refractivity contribution in [2.75, 3.05) is 6.61 Å². The van der Waals surface area contributed by atoms with Crippen molar-refractivity contribution in [1.29, 1.82) is 0 Å². The Balaban J connectivity index is 2.46. The zero-order valence-electron chi connectivity index (χ0n) is 10.1. The molecule has 1 aromatic rings. The third-order valence-electron chi connectivity index (χ3n) is 2.55. The van der Waals surface area contributed by atoms with E-state index in [1.165, 1.54) is 0 Å². The van der Waals surface area contributed by atoms with Gasteiger partial charge in [0.1, 0.15) is 11.0 Å². The molecular weight excluding hydrogens is 226 g/mol. The summed E-state index contributed by atoms with van der Waals surface area (Å²) in [5, 5.41) is 13.1. The molecule has 1 atom stereocenters. The summed E-state index contributed by atoms with van der Waals surface area (Å²) in [5.41, 5.74) is 0. The second kappa shape index (κ2) is 6.23. The average Bonchev–Trinajstić information content (AvgIpc) is 2.54. The molecule has 0 amide bonds. The average molecular weight is 246 g/mol. The molecule has 0 radical (unpaired) electrons. The Morgan fingerprint density at radius 3 is 2.69 bits per heavy atom.